The second-order valence-electron chi connectivity index (χ2n) is 8.61. The molecule has 0 bridgehead atoms. The Morgan fingerprint density at radius 2 is 1.27 bits per heavy atom. The van der Waals surface area contributed by atoms with Crippen molar-refractivity contribution in [3.8, 4) is 11.1 Å². The molecule has 166 valence electrons. The van der Waals surface area contributed by atoms with Crippen molar-refractivity contribution in [3.63, 3.8) is 0 Å². The second kappa shape index (κ2) is 11.0. The average molecular weight is 421 g/mol. The van der Waals surface area contributed by atoms with E-state index in [1.54, 1.807) is 7.11 Å². The van der Waals surface area contributed by atoms with Crippen LogP contribution >= 0.6 is 0 Å². The van der Waals surface area contributed by atoms with Crippen molar-refractivity contribution in [2.24, 2.45) is 0 Å². The third-order valence-corrected chi connectivity index (χ3v) is 6.07. The van der Waals surface area contributed by atoms with Crippen LogP contribution in [0.15, 0.2) is 48.5 Å². The first-order valence-electron chi connectivity index (χ1n) is 11.0. The van der Waals surface area contributed by atoms with Crippen LogP contribution in [0.1, 0.15) is 82.8 Å². The Morgan fingerprint density at radius 3 is 1.77 bits per heavy atom. The van der Waals surface area contributed by atoms with Gasteiger partial charge in [-0.2, -0.15) is 13.2 Å². The lowest BCUT2D eigenvalue weighted by Crippen LogP contribution is -2.31. The summed E-state index contributed by atoms with van der Waals surface area (Å²) in [4.78, 5) is 0. The van der Waals surface area contributed by atoms with E-state index in [0.29, 0.717) is 0 Å². The minimum atomic E-state index is -4.31. The lowest BCUT2D eigenvalue weighted by atomic mass is 9.80. The maximum Gasteiger partial charge on any atom is 0.416 e. The summed E-state index contributed by atoms with van der Waals surface area (Å²) in [6.07, 6.45) is 4.30. The van der Waals surface area contributed by atoms with Gasteiger partial charge < -0.3 is 4.74 Å². The van der Waals surface area contributed by atoms with Gasteiger partial charge in [0.2, 0.25) is 0 Å². The van der Waals surface area contributed by atoms with Gasteiger partial charge in [0, 0.05) is 13.0 Å². The summed E-state index contributed by atoms with van der Waals surface area (Å²) in [7, 11) is 1.75. The van der Waals surface area contributed by atoms with Crippen molar-refractivity contribution in [1.29, 1.82) is 0 Å². The van der Waals surface area contributed by atoms with E-state index in [4.69, 9.17) is 4.74 Å². The zero-order valence-corrected chi connectivity index (χ0v) is 18.7. The van der Waals surface area contributed by atoms with Gasteiger partial charge in [-0.1, -0.05) is 81.8 Å². The summed E-state index contributed by atoms with van der Waals surface area (Å²) >= 11 is 0. The van der Waals surface area contributed by atoms with Crippen LogP contribution in [0.25, 0.3) is 11.1 Å². The summed E-state index contributed by atoms with van der Waals surface area (Å²) in [5.41, 5.74) is 2.02. The quantitative estimate of drug-likeness (QED) is 0.331. The minimum absolute atomic E-state index is 0.273. The van der Waals surface area contributed by atoms with E-state index in [-0.39, 0.29) is 11.5 Å². The molecule has 2 rings (SSSR count). The number of benzene rings is 2. The van der Waals surface area contributed by atoms with E-state index in [9.17, 15) is 13.2 Å². The molecule has 0 saturated heterocycles. The molecular formula is C26H35F3O. The van der Waals surface area contributed by atoms with Crippen molar-refractivity contribution in [1.82, 2.24) is 0 Å². The average Bonchev–Trinajstić information content (AvgIpc) is 2.73. The molecule has 4 heteroatoms. The highest BCUT2D eigenvalue weighted by Crippen LogP contribution is 2.37. The number of hydrogen-bond acceptors (Lipinski definition) is 1. The highest BCUT2D eigenvalue weighted by Gasteiger charge is 2.31. The maximum absolute atomic E-state index is 12.8. The molecule has 0 radical (unpaired) electrons. The molecule has 1 nitrogen and oxygen atoms in total. The third-order valence-electron chi connectivity index (χ3n) is 6.07. The van der Waals surface area contributed by atoms with E-state index in [1.807, 2.05) is 12.1 Å². The van der Waals surface area contributed by atoms with Gasteiger partial charge >= 0.3 is 6.18 Å². The molecule has 0 spiro atoms. The smallest absolute Gasteiger partial charge is 0.378 e. The Hall–Kier alpha value is -1.81. The van der Waals surface area contributed by atoms with Gasteiger partial charge in [0.05, 0.1) is 11.2 Å². The molecule has 0 aliphatic rings. The van der Waals surface area contributed by atoms with Crippen LogP contribution in [0.2, 0.25) is 0 Å². The van der Waals surface area contributed by atoms with Crippen LogP contribution in [-0.2, 0) is 10.9 Å². The molecule has 0 heterocycles. The van der Waals surface area contributed by atoms with Crippen LogP contribution in [-0.4, -0.2) is 12.7 Å². The first kappa shape index (κ1) is 24.5. The zero-order chi connectivity index (χ0) is 22.2. The molecule has 0 amide bonds. The Kier molecular flexibility index (Phi) is 8.96. The highest BCUT2D eigenvalue weighted by molar-refractivity contribution is 5.64. The van der Waals surface area contributed by atoms with Crippen molar-refractivity contribution in [2.45, 2.75) is 83.4 Å². The van der Waals surface area contributed by atoms with Crippen LogP contribution in [0, 0.1) is 0 Å². The van der Waals surface area contributed by atoms with Gasteiger partial charge in [-0.15, -0.1) is 0 Å². The number of unbranched alkanes of at least 4 members (excludes halogenated alkanes) is 5. The van der Waals surface area contributed by atoms with Gasteiger partial charge in [0.1, 0.15) is 0 Å². The molecule has 2 aromatic rings. The number of rotatable bonds is 11. The maximum atomic E-state index is 12.8. The first-order chi connectivity index (χ1) is 14.2. The Labute approximate surface area is 179 Å². The summed E-state index contributed by atoms with van der Waals surface area (Å²) in [6, 6.07) is 13.5. The monoisotopic (exact) mass is 420 g/mol. The summed E-state index contributed by atoms with van der Waals surface area (Å²) in [5, 5.41) is 0. The van der Waals surface area contributed by atoms with Crippen molar-refractivity contribution < 1.29 is 17.9 Å². The molecular weight excluding hydrogens is 385 g/mol. The number of hydrogen-bond donors (Lipinski definition) is 0. The second-order valence-corrected chi connectivity index (χ2v) is 8.61. The molecule has 1 atom stereocenters. The number of ether oxygens (including phenoxy) is 1. The topological polar surface area (TPSA) is 9.23 Å². The lowest BCUT2D eigenvalue weighted by molar-refractivity contribution is -0.137. The van der Waals surface area contributed by atoms with E-state index in [1.165, 1.54) is 56.2 Å². The van der Waals surface area contributed by atoms with Crippen LogP contribution < -0.4 is 0 Å². The summed E-state index contributed by atoms with van der Waals surface area (Å²) in [5.74, 6) is 0.273. The number of halogens is 3. The predicted octanol–water partition coefficient (Wildman–Crippen LogP) is 8.63. The van der Waals surface area contributed by atoms with Crippen molar-refractivity contribution in [3.05, 3.63) is 59.7 Å². The summed E-state index contributed by atoms with van der Waals surface area (Å²) in [6.45, 7) is 6.47. The van der Waals surface area contributed by atoms with Gasteiger partial charge in [-0.05, 0) is 49.1 Å². The minimum Gasteiger partial charge on any atom is -0.378 e. The van der Waals surface area contributed by atoms with Gasteiger partial charge in [0.25, 0.3) is 0 Å². The van der Waals surface area contributed by atoms with E-state index in [0.717, 1.165) is 29.7 Å². The van der Waals surface area contributed by atoms with Crippen molar-refractivity contribution in [2.75, 3.05) is 7.11 Å². The van der Waals surface area contributed by atoms with Crippen LogP contribution in [0.5, 0.6) is 0 Å². The molecule has 30 heavy (non-hydrogen) atoms. The highest BCUT2D eigenvalue weighted by atomic mass is 19.4. The van der Waals surface area contributed by atoms with Gasteiger partial charge in [-0.3, -0.25) is 0 Å². The van der Waals surface area contributed by atoms with Gasteiger partial charge in [0.15, 0.2) is 0 Å². The SMILES string of the molecule is CCCCCCCCC(c1ccc(-c2ccc(C(F)(F)F)cc2)cc1)C(C)(C)OC. The fourth-order valence-electron chi connectivity index (χ4n) is 3.95. The zero-order valence-electron chi connectivity index (χ0n) is 18.7. The standard InChI is InChI=1S/C26H35F3O/c1-5-6-7-8-9-10-11-24(25(2,3)30-4)22-14-12-20(13-15-22)21-16-18-23(19-17-21)26(27,28)29/h12-19,24H,5-11H2,1-4H3. The predicted molar refractivity (Wildman–Crippen MR) is 119 cm³/mol. The number of alkyl halides is 3. The molecule has 0 aliphatic heterocycles. The van der Waals surface area contributed by atoms with Crippen molar-refractivity contribution >= 4 is 0 Å². The Bertz CT molecular complexity index is 745. The summed E-state index contributed by atoms with van der Waals surface area (Å²) < 4.78 is 44.2. The van der Waals surface area contributed by atoms with E-state index < -0.39 is 11.7 Å². The molecule has 0 N–H and O–H groups in total. The molecule has 0 aliphatic carbocycles. The molecule has 1 unspecified atom stereocenters. The molecule has 0 aromatic heterocycles. The Morgan fingerprint density at radius 1 is 0.767 bits per heavy atom. The van der Waals surface area contributed by atoms with Crippen LogP contribution in [0.4, 0.5) is 13.2 Å². The normalized spacial score (nSPS) is 13.4. The fraction of sp³-hybridized carbons (Fsp3) is 0.538. The van der Waals surface area contributed by atoms with E-state index in [2.05, 4.69) is 32.9 Å². The molecule has 0 fully saturated rings. The third kappa shape index (κ3) is 6.87. The first-order valence-corrected chi connectivity index (χ1v) is 11.0. The number of methoxy groups -OCH3 is 1. The van der Waals surface area contributed by atoms with Crippen LogP contribution in [0.3, 0.4) is 0 Å². The molecule has 2 aromatic carbocycles. The Balaban J connectivity index is 2.10. The lowest BCUT2D eigenvalue weighted by Gasteiger charge is -2.34. The molecule has 0 saturated carbocycles. The van der Waals surface area contributed by atoms with Gasteiger partial charge in [-0.25, -0.2) is 0 Å². The largest absolute Gasteiger partial charge is 0.416 e. The van der Waals surface area contributed by atoms with E-state index >= 15 is 0 Å². The fourth-order valence-corrected chi connectivity index (χ4v) is 3.95.